The minimum atomic E-state index is -0.553. The molecule has 1 N–H and O–H groups in total. The summed E-state index contributed by atoms with van der Waals surface area (Å²) in [4.78, 5) is 9.94. The molecule has 8 heavy (non-hydrogen) atoms. The minimum Gasteiger partial charge on any atom is -0.515 e. The Kier molecular flexibility index (Phi) is 8.91. The zero-order chi connectivity index (χ0) is 5.70. The number of hydrogen-bond donors (Lipinski definition) is 1. The monoisotopic (exact) mass is 286 g/mol. The van der Waals surface area contributed by atoms with E-state index in [0.29, 0.717) is 6.26 Å². The van der Waals surface area contributed by atoms with E-state index >= 15 is 0 Å². The molecule has 0 aliphatic rings. The van der Waals surface area contributed by atoms with Gasteiger partial charge in [0.05, 0.1) is 19.4 Å². The first-order chi connectivity index (χ1) is 3.31. The largest absolute Gasteiger partial charge is 0.515 e. The molecule has 0 aromatic carbocycles. The van der Waals surface area contributed by atoms with Gasteiger partial charge in [-0.05, 0) is 0 Å². The van der Waals surface area contributed by atoms with Crippen molar-refractivity contribution < 1.29 is 35.7 Å². The summed E-state index contributed by atoms with van der Waals surface area (Å²) in [6, 6.07) is 0. The number of carbonyl (C=O) groups excluding carboxylic acids is 1. The van der Waals surface area contributed by atoms with Crippen LogP contribution in [0.1, 0.15) is 0 Å². The minimum absolute atomic E-state index is 0. The Bertz CT molecular complexity index is 89.3. The number of ether oxygens (including phenoxy) is 1. The Hall–Kier alpha value is -0.302. The topological polar surface area (TPSA) is 46.5 Å². The van der Waals surface area contributed by atoms with Crippen LogP contribution in [0, 0.1) is 0 Å². The van der Waals surface area contributed by atoms with Crippen LogP contribution in [0.3, 0.4) is 0 Å². The summed E-state index contributed by atoms with van der Waals surface area (Å²) < 4.78 is 4.10. The van der Waals surface area contributed by atoms with Crippen molar-refractivity contribution in [1.29, 1.82) is 0 Å². The molecule has 0 aromatic heterocycles. The van der Waals surface area contributed by atoms with Crippen molar-refractivity contribution >= 4 is 5.97 Å². The van der Waals surface area contributed by atoms with Crippen LogP contribution >= 0.6 is 0 Å². The van der Waals surface area contributed by atoms with Gasteiger partial charge in [-0.3, -0.25) is 0 Å². The standard InChI is InChI=1S/C4H6O3.W/c1-7-4(6)2-3-5;/h2-3,5H,1H3;/b3-2-;. The van der Waals surface area contributed by atoms with Crippen molar-refractivity contribution in [3.8, 4) is 0 Å². The van der Waals surface area contributed by atoms with Crippen LogP contribution in [-0.4, -0.2) is 18.2 Å². The van der Waals surface area contributed by atoms with E-state index in [1.165, 1.54) is 7.11 Å². The van der Waals surface area contributed by atoms with Crippen LogP contribution in [0.2, 0.25) is 0 Å². The van der Waals surface area contributed by atoms with Crippen molar-refractivity contribution in [3.63, 3.8) is 0 Å². The number of rotatable bonds is 1. The molecule has 46 valence electrons. The van der Waals surface area contributed by atoms with E-state index in [1.807, 2.05) is 0 Å². The summed E-state index contributed by atoms with van der Waals surface area (Å²) in [6.45, 7) is 0. The van der Waals surface area contributed by atoms with Gasteiger partial charge in [-0.1, -0.05) is 0 Å². The van der Waals surface area contributed by atoms with Crippen molar-refractivity contribution in [3.05, 3.63) is 12.3 Å². The zero-order valence-corrected chi connectivity index (χ0v) is 7.26. The molecule has 0 fully saturated rings. The molecule has 4 heteroatoms. The summed E-state index contributed by atoms with van der Waals surface area (Å²) in [5.41, 5.74) is 0. The fourth-order valence-corrected chi connectivity index (χ4v) is 0.129. The van der Waals surface area contributed by atoms with Crippen LogP contribution < -0.4 is 0 Å². The predicted molar refractivity (Wildman–Crippen MR) is 23.8 cm³/mol. The normalized spacial score (nSPS) is 8.12. The summed E-state index contributed by atoms with van der Waals surface area (Å²) in [5, 5.41) is 7.89. The van der Waals surface area contributed by atoms with Gasteiger partial charge in [-0.15, -0.1) is 0 Å². The maximum Gasteiger partial charge on any atom is 0.333 e. The van der Waals surface area contributed by atoms with Crippen LogP contribution in [0.5, 0.6) is 0 Å². The van der Waals surface area contributed by atoms with Gasteiger partial charge in [0, 0.05) is 21.1 Å². The summed E-state index contributed by atoms with van der Waals surface area (Å²) in [6.07, 6.45) is 1.55. The molecule has 0 heterocycles. The average molecular weight is 286 g/mol. The van der Waals surface area contributed by atoms with E-state index in [1.54, 1.807) is 0 Å². The van der Waals surface area contributed by atoms with E-state index in [4.69, 9.17) is 5.11 Å². The van der Waals surface area contributed by atoms with Crippen molar-refractivity contribution in [1.82, 2.24) is 0 Å². The van der Waals surface area contributed by atoms with Gasteiger partial charge in [-0.25, -0.2) is 4.79 Å². The Morgan fingerprint density at radius 1 is 1.75 bits per heavy atom. The van der Waals surface area contributed by atoms with Crippen LogP contribution in [0.15, 0.2) is 12.3 Å². The van der Waals surface area contributed by atoms with E-state index in [9.17, 15) is 4.79 Å². The third kappa shape index (κ3) is 5.70. The predicted octanol–water partition coefficient (Wildman–Crippen LogP) is 0.229. The fraction of sp³-hybridized carbons (Fsp3) is 0.250. The molecule has 0 spiro atoms. The number of aliphatic hydroxyl groups is 1. The summed E-state index contributed by atoms with van der Waals surface area (Å²) >= 11 is 0. The Labute approximate surface area is 61.6 Å². The molecule has 0 saturated carbocycles. The Morgan fingerprint density at radius 2 is 2.25 bits per heavy atom. The third-order valence-corrected chi connectivity index (χ3v) is 0.412. The first-order valence-corrected chi connectivity index (χ1v) is 1.70. The zero-order valence-electron chi connectivity index (χ0n) is 4.33. The molecule has 0 amide bonds. The van der Waals surface area contributed by atoms with Crippen molar-refractivity contribution in [2.75, 3.05) is 7.11 Å². The van der Waals surface area contributed by atoms with Gasteiger partial charge in [0.15, 0.2) is 0 Å². The Balaban J connectivity index is 0. The second kappa shape index (κ2) is 6.70. The number of esters is 1. The smallest absolute Gasteiger partial charge is 0.333 e. The second-order valence-electron chi connectivity index (χ2n) is 0.839. The molecule has 0 atom stereocenters. The first-order valence-electron chi connectivity index (χ1n) is 1.70. The van der Waals surface area contributed by atoms with Gasteiger partial charge in [0.25, 0.3) is 0 Å². The maximum atomic E-state index is 9.94. The summed E-state index contributed by atoms with van der Waals surface area (Å²) in [5.74, 6) is -0.553. The van der Waals surface area contributed by atoms with Crippen molar-refractivity contribution in [2.24, 2.45) is 0 Å². The molecule has 0 rings (SSSR count). The van der Waals surface area contributed by atoms with E-state index in [0.717, 1.165) is 6.08 Å². The first kappa shape index (κ1) is 10.6. The summed E-state index contributed by atoms with van der Waals surface area (Å²) in [7, 11) is 1.24. The Morgan fingerprint density at radius 3 is 2.38 bits per heavy atom. The van der Waals surface area contributed by atoms with Gasteiger partial charge >= 0.3 is 5.97 Å². The second-order valence-corrected chi connectivity index (χ2v) is 0.839. The van der Waals surface area contributed by atoms with Gasteiger partial charge in [0.2, 0.25) is 0 Å². The number of aliphatic hydroxyl groups excluding tert-OH is 1. The molecule has 0 aliphatic carbocycles. The number of carbonyl (C=O) groups is 1. The van der Waals surface area contributed by atoms with Crippen LogP contribution in [0.25, 0.3) is 0 Å². The molecule has 0 unspecified atom stereocenters. The van der Waals surface area contributed by atoms with Gasteiger partial charge in [-0.2, -0.15) is 0 Å². The fourth-order valence-electron chi connectivity index (χ4n) is 0.129. The molecule has 0 aromatic rings. The van der Waals surface area contributed by atoms with E-state index < -0.39 is 5.97 Å². The SMILES string of the molecule is COC(=O)/C=C\O.[W]. The third-order valence-electron chi connectivity index (χ3n) is 0.412. The molecule has 0 aliphatic heterocycles. The van der Waals surface area contributed by atoms with Crippen LogP contribution in [0.4, 0.5) is 0 Å². The molecule has 0 saturated heterocycles. The molecule has 3 nitrogen and oxygen atoms in total. The average Bonchev–Trinajstić information content (AvgIpc) is 1.68. The molecule has 0 radical (unpaired) electrons. The quantitative estimate of drug-likeness (QED) is 0.426. The maximum absolute atomic E-state index is 9.94. The number of methoxy groups -OCH3 is 1. The molecule has 0 bridgehead atoms. The van der Waals surface area contributed by atoms with Gasteiger partial charge < -0.3 is 9.84 Å². The van der Waals surface area contributed by atoms with Crippen molar-refractivity contribution in [2.45, 2.75) is 0 Å². The number of hydrogen-bond acceptors (Lipinski definition) is 3. The van der Waals surface area contributed by atoms with E-state index in [-0.39, 0.29) is 21.1 Å². The molecular formula is C4H6O3W. The van der Waals surface area contributed by atoms with Crippen LogP contribution in [-0.2, 0) is 30.6 Å². The van der Waals surface area contributed by atoms with Gasteiger partial charge in [0.1, 0.15) is 0 Å². The molecular weight excluding hydrogens is 280 g/mol. The van der Waals surface area contributed by atoms with E-state index in [2.05, 4.69) is 4.74 Å².